The fourth-order valence-electron chi connectivity index (χ4n) is 8.95. The largest absolute Gasteiger partial charge is 0.466 e. The van der Waals surface area contributed by atoms with Gasteiger partial charge in [0.05, 0.1) is 44.4 Å². The van der Waals surface area contributed by atoms with Crippen LogP contribution in [0.3, 0.4) is 0 Å². The molecule has 3 fully saturated rings. The molecule has 3 aliphatic rings. The first-order chi connectivity index (χ1) is 50.2. The highest BCUT2D eigenvalue weighted by molar-refractivity contribution is 6.72. The van der Waals surface area contributed by atoms with E-state index in [9.17, 15) is 86.3 Å². The molecule has 0 spiro atoms. The van der Waals surface area contributed by atoms with E-state index in [1.807, 2.05) is 0 Å². The molecule has 107 heavy (non-hydrogen) atoms. The number of hydrogen-bond donors (Lipinski definition) is 1. The van der Waals surface area contributed by atoms with Crippen LogP contribution in [0.4, 0.5) is 0 Å². The van der Waals surface area contributed by atoms with E-state index in [2.05, 4.69) is 74.8 Å². The van der Waals surface area contributed by atoms with Crippen LogP contribution in [0.25, 0.3) is 0 Å². The standard InChI is InChI=1S/C12H18N2O2.C9H3Cl3O3.C9H13NO2.2C8H4Cl2O2.C8H12N2O2.C8H6O6.C4H4Cl2O2.C4H6O2/c1-11(2)4-10(14-9-15)5-12(3,6-11)7-16-8-13;10-7(13)4-1-5(8(11)14)3-6(2-4)9(12)15;1-3-8(11)6-5-7-10-9(12)4-2;9-7(11)5-2-1-3-6(4-5)8(10)12;9-7(11)5-3-1-2-4-6(5)8(10)12;9-7-12-6-4-2-1-3-5-10-8-11;9-5-1-3(7(11)13-5)4-2-6(10)14-8(4)12;5-3(7)1-2-4(6)8;1-3-4(5)6-2/h10H,4-7H2,1-3H3;1-3H;3-4H,1-2,5-7H2,(H,10,12);2*1-4H;1-6H2;3-4H,1-2H2;1-2H2;3H,1H2,2H3. The van der Waals surface area contributed by atoms with Crippen molar-refractivity contribution in [3.8, 4) is 12.5 Å². The number of ketones is 1. The van der Waals surface area contributed by atoms with Crippen LogP contribution >= 0.6 is 104 Å². The van der Waals surface area contributed by atoms with E-state index in [1.165, 1.54) is 73.9 Å². The first kappa shape index (κ1) is 102. The molecular formula is C70H70Cl9N5O23. The van der Waals surface area contributed by atoms with Gasteiger partial charge in [-0.3, -0.25) is 71.9 Å². The fraction of sp³-hybridized carbons (Fsp3) is 0.371. The summed E-state index contributed by atoms with van der Waals surface area (Å²) < 4.78 is 22.0. The molecule has 1 aliphatic carbocycles. The van der Waals surface area contributed by atoms with Crippen molar-refractivity contribution >= 4 is 205 Å². The van der Waals surface area contributed by atoms with Crippen LogP contribution in [0.2, 0.25) is 0 Å². The number of nitrogens with zero attached hydrogens (tertiary/aromatic N) is 4. The molecule has 0 bridgehead atoms. The number of carbonyl (C=O) groups excluding carboxylic acids is 18. The summed E-state index contributed by atoms with van der Waals surface area (Å²) >= 11 is 46.1. The second-order valence-electron chi connectivity index (χ2n) is 22.4. The Hall–Kier alpha value is -9.25. The van der Waals surface area contributed by atoms with Crippen molar-refractivity contribution < 1.29 is 110 Å². The Morgan fingerprint density at radius 2 is 1.00 bits per heavy atom. The summed E-state index contributed by atoms with van der Waals surface area (Å²) in [6, 6.07) is 15.6. The number of cyclic esters (lactones) is 4. The SMILES string of the molecule is C=CC(=O)CCCNC(=O)C=C.C=CC(=O)OC.CC1(C)CC(N=C=O)CC(C)(COC#N)C1.N#COCCCCCCN=C=O.O=C(Cl)CCC(=O)Cl.O=C(Cl)c1cc(C(=O)Cl)cc(C(=O)Cl)c1.O=C(Cl)c1cccc(C(=O)Cl)c1.O=C(Cl)c1ccccc1C(=O)Cl.O=C1CC(C2CC(=O)OC2=O)C(=O)O1. The Morgan fingerprint density at radius 1 is 0.561 bits per heavy atom. The summed E-state index contributed by atoms with van der Waals surface area (Å²) in [5.74, 6) is -5.10. The number of nitriles is 2. The molecule has 6 rings (SSSR count). The quantitative estimate of drug-likeness (QED) is 0.00812. The van der Waals surface area contributed by atoms with Crippen LogP contribution in [0.15, 0.2) is 115 Å². The van der Waals surface area contributed by atoms with E-state index in [1.54, 1.807) is 36.8 Å². The minimum Gasteiger partial charge on any atom is -0.466 e. The number of hydrogen-bond acceptors (Lipinski definition) is 27. The molecule has 0 radical (unpaired) electrons. The van der Waals surface area contributed by atoms with Crippen LogP contribution in [0.5, 0.6) is 0 Å². The van der Waals surface area contributed by atoms with Gasteiger partial charge < -0.3 is 29.0 Å². The van der Waals surface area contributed by atoms with E-state index in [4.69, 9.17) is 120 Å². The molecule has 37 heteroatoms. The Bertz CT molecular complexity index is 3670. The lowest BCUT2D eigenvalue weighted by Crippen LogP contribution is -2.40. The zero-order valence-electron chi connectivity index (χ0n) is 57.5. The minimum absolute atomic E-state index is 0.00264. The van der Waals surface area contributed by atoms with Crippen LogP contribution < -0.4 is 5.32 Å². The number of aliphatic imine (C=N–C) groups is 2. The maximum absolute atomic E-state index is 11.1. The number of ether oxygens (including phenoxy) is 5. The molecule has 3 aromatic carbocycles. The van der Waals surface area contributed by atoms with Crippen LogP contribution in [0.1, 0.15) is 177 Å². The van der Waals surface area contributed by atoms with E-state index < -0.39 is 88.9 Å². The van der Waals surface area contributed by atoms with Gasteiger partial charge in [0, 0.05) is 76.2 Å². The van der Waals surface area contributed by atoms with E-state index in [0.29, 0.717) is 39.1 Å². The first-order valence-electron chi connectivity index (χ1n) is 30.7. The van der Waals surface area contributed by atoms with Gasteiger partial charge in [0.15, 0.2) is 5.78 Å². The summed E-state index contributed by atoms with van der Waals surface area (Å²) in [6.45, 7) is 18.1. The number of benzene rings is 3. The Balaban J connectivity index is -0.00000115. The molecule has 2 heterocycles. The molecule has 576 valence electrons. The number of rotatable bonds is 28. The van der Waals surface area contributed by atoms with Gasteiger partial charge in [-0.05, 0) is 203 Å². The number of amides is 1. The van der Waals surface area contributed by atoms with Crippen molar-refractivity contribution in [2.75, 3.05) is 33.4 Å². The average Bonchev–Trinajstić information content (AvgIpc) is 1.69. The van der Waals surface area contributed by atoms with Gasteiger partial charge in [-0.25, -0.2) is 24.4 Å². The molecule has 1 N–H and O–H groups in total. The number of halogens is 9. The lowest BCUT2D eigenvalue weighted by molar-refractivity contribution is -0.158. The molecule has 4 unspecified atom stereocenters. The van der Waals surface area contributed by atoms with Gasteiger partial charge in [-0.15, -0.1) is 0 Å². The van der Waals surface area contributed by atoms with Gasteiger partial charge in [0.25, 0.3) is 49.2 Å². The smallest absolute Gasteiger partial charge is 0.329 e. The number of methoxy groups -OCH3 is 1. The summed E-state index contributed by atoms with van der Waals surface area (Å²) in [5.41, 5.74) is 0.829. The zero-order chi connectivity index (χ0) is 82.4. The lowest BCUT2D eigenvalue weighted by atomic mass is 9.63. The molecule has 1 amide bonds. The van der Waals surface area contributed by atoms with Gasteiger partial charge >= 0.3 is 29.8 Å². The first-order valence-corrected chi connectivity index (χ1v) is 34.1. The van der Waals surface area contributed by atoms with Crippen LogP contribution in [-0.2, 0) is 76.4 Å². The predicted octanol–water partition coefficient (Wildman–Crippen LogP) is 13.1. The monoisotopic (exact) mass is 1660 g/mol. The van der Waals surface area contributed by atoms with Crippen molar-refractivity contribution in [3.05, 3.63) is 144 Å². The lowest BCUT2D eigenvalue weighted by Gasteiger charge is -2.44. The highest BCUT2D eigenvalue weighted by Gasteiger charge is 2.48. The van der Waals surface area contributed by atoms with Gasteiger partial charge in [-0.1, -0.05) is 77.3 Å². The maximum Gasteiger partial charge on any atom is 0.329 e. The summed E-state index contributed by atoms with van der Waals surface area (Å²) in [5, 5.41) is 13.0. The second kappa shape index (κ2) is 57.9. The number of unbranched alkanes of at least 4 members (excludes halogenated alkanes) is 3. The third kappa shape index (κ3) is 49.3. The normalized spacial score (nSPS) is 15.4. The van der Waals surface area contributed by atoms with Crippen molar-refractivity contribution in [3.63, 3.8) is 0 Å². The summed E-state index contributed by atoms with van der Waals surface area (Å²) in [6.07, 6.45) is 17.4. The van der Waals surface area contributed by atoms with Crippen molar-refractivity contribution in [2.45, 2.75) is 110 Å². The Labute approximate surface area is 659 Å². The molecule has 4 atom stereocenters. The van der Waals surface area contributed by atoms with E-state index >= 15 is 0 Å². The Morgan fingerprint density at radius 3 is 1.34 bits per heavy atom. The van der Waals surface area contributed by atoms with Crippen molar-refractivity contribution in [1.82, 2.24) is 5.32 Å². The molecule has 3 aromatic rings. The van der Waals surface area contributed by atoms with Gasteiger partial charge in [0.1, 0.15) is 13.2 Å². The zero-order valence-corrected chi connectivity index (χ0v) is 64.3. The predicted molar refractivity (Wildman–Crippen MR) is 392 cm³/mol. The molecule has 2 saturated heterocycles. The molecule has 28 nitrogen and oxygen atoms in total. The van der Waals surface area contributed by atoms with Gasteiger partial charge in [0.2, 0.25) is 28.6 Å². The van der Waals surface area contributed by atoms with Crippen LogP contribution in [-0.4, -0.2) is 140 Å². The highest BCUT2D eigenvalue weighted by atomic mass is 35.5. The van der Waals surface area contributed by atoms with Crippen molar-refractivity contribution in [1.29, 1.82) is 10.5 Å². The minimum atomic E-state index is -0.846. The number of isocyanates is 2. The molecule has 2 aliphatic heterocycles. The van der Waals surface area contributed by atoms with Gasteiger partial charge in [-0.2, -0.15) is 10.5 Å². The number of carbonyl (C=O) groups is 16. The van der Waals surface area contributed by atoms with Crippen molar-refractivity contribution in [2.24, 2.45) is 32.7 Å². The third-order valence-corrected chi connectivity index (χ3v) is 15.2. The summed E-state index contributed by atoms with van der Waals surface area (Å²) in [4.78, 5) is 197. The third-order valence-electron chi connectivity index (χ3n) is 13.3. The molecule has 1 saturated carbocycles. The number of esters is 5. The Kier molecular flexibility index (Phi) is 55.2. The second-order valence-corrected chi connectivity index (χ2v) is 25.6. The topological polar surface area (TPSA) is 438 Å². The number of allylic oxidation sites excluding steroid dienone is 1. The molecular weight excluding hydrogens is 1600 g/mol. The van der Waals surface area contributed by atoms with E-state index in [-0.39, 0.29) is 93.2 Å². The maximum atomic E-state index is 11.1. The molecule has 0 aromatic heterocycles. The fourth-order valence-corrected chi connectivity index (χ4v) is 10.0. The summed E-state index contributed by atoms with van der Waals surface area (Å²) in [7, 11) is 1.31. The highest BCUT2D eigenvalue weighted by Crippen LogP contribution is 2.47. The van der Waals surface area contributed by atoms with E-state index in [0.717, 1.165) is 51.0 Å². The number of nitrogens with one attached hydrogen (secondary N) is 1. The average molecular weight is 1670 g/mol. The van der Waals surface area contributed by atoms with Crippen LogP contribution in [0, 0.1) is 45.7 Å².